The van der Waals surface area contributed by atoms with Crippen molar-refractivity contribution in [1.29, 1.82) is 0 Å². The highest BCUT2D eigenvalue weighted by molar-refractivity contribution is 6.04. The minimum Gasteiger partial charge on any atom is -0.476 e. The van der Waals surface area contributed by atoms with Crippen LogP contribution in [0.2, 0.25) is 0 Å². The molecule has 0 aromatic heterocycles. The summed E-state index contributed by atoms with van der Waals surface area (Å²) in [5.41, 5.74) is 0.460. The van der Waals surface area contributed by atoms with E-state index in [1.807, 2.05) is 55.5 Å². The van der Waals surface area contributed by atoms with Crippen molar-refractivity contribution in [2.75, 3.05) is 43.2 Å². The lowest BCUT2D eigenvalue weighted by Gasteiger charge is -2.40. The molecule has 1 saturated carbocycles. The molecule has 2 fully saturated rings. The third kappa shape index (κ3) is 8.11. The maximum absolute atomic E-state index is 14.6. The van der Waals surface area contributed by atoms with Crippen molar-refractivity contribution in [3.8, 4) is 5.75 Å². The number of benzene rings is 2. The molecule has 11 heteroatoms. The molecule has 0 radical (unpaired) electrons. The van der Waals surface area contributed by atoms with E-state index in [0.717, 1.165) is 18.4 Å². The fraction of sp³-hybridized carbons (Fsp3) is 0.568. The SMILES string of the molecule is COCCCN1C(=O)C(C)(C)Oc2ccc(N(C(=O)[C@@H]3C[C@H](C(=O)N[C@@H](C)c4ccccc4)CN(C(=O)OC(C)(C)C)C3)C3CC3)cc21. The Hall–Kier alpha value is -4.12. The molecule has 2 aliphatic heterocycles. The average molecular weight is 663 g/mol. The Morgan fingerprint density at radius 3 is 2.40 bits per heavy atom. The van der Waals surface area contributed by atoms with Gasteiger partial charge < -0.3 is 34.2 Å². The summed E-state index contributed by atoms with van der Waals surface area (Å²) in [6.07, 6.45) is 2.06. The number of nitrogens with one attached hydrogen (secondary N) is 1. The smallest absolute Gasteiger partial charge is 0.410 e. The lowest BCUT2D eigenvalue weighted by atomic mass is 9.87. The van der Waals surface area contributed by atoms with Gasteiger partial charge in [0.25, 0.3) is 5.91 Å². The zero-order valence-electron chi connectivity index (χ0n) is 29.3. The largest absolute Gasteiger partial charge is 0.476 e. The van der Waals surface area contributed by atoms with Crippen LogP contribution in [0.15, 0.2) is 48.5 Å². The van der Waals surface area contributed by atoms with Crippen molar-refractivity contribution in [2.45, 2.75) is 90.5 Å². The van der Waals surface area contributed by atoms with Gasteiger partial charge in [-0.1, -0.05) is 30.3 Å². The number of rotatable bonds is 10. The molecule has 3 atom stereocenters. The highest BCUT2D eigenvalue weighted by Crippen LogP contribution is 2.43. The topological polar surface area (TPSA) is 118 Å². The second-order valence-electron chi connectivity index (χ2n) is 14.7. The molecule has 1 N–H and O–H groups in total. The number of hydrogen-bond donors (Lipinski definition) is 1. The second-order valence-corrected chi connectivity index (χ2v) is 14.7. The first kappa shape index (κ1) is 35.2. The molecule has 0 unspecified atom stereocenters. The van der Waals surface area contributed by atoms with Gasteiger partial charge in [0, 0.05) is 45.1 Å². The third-order valence-electron chi connectivity index (χ3n) is 9.00. The van der Waals surface area contributed by atoms with Gasteiger partial charge in [-0.3, -0.25) is 14.4 Å². The Labute approximate surface area is 283 Å². The van der Waals surface area contributed by atoms with Crippen molar-refractivity contribution in [3.05, 3.63) is 54.1 Å². The molecule has 1 saturated heterocycles. The molecular weight excluding hydrogens is 612 g/mol. The van der Waals surface area contributed by atoms with Gasteiger partial charge in [-0.25, -0.2) is 4.79 Å². The normalized spacial score (nSPS) is 21.1. The number of nitrogens with zero attached hydrogens (tertiary/aromatic N) is 3. The highest BCUT2D eigenvalue weighted by Gasteiger charge is 2.45. The number of piperidine rings is 1. The van der Waals surface area contributed by atoms with Gasteiger partial charge in [0.05, 0.1) is 23.6 Å². The van der Waals surface area contributed by atoms with Crippen molar-refractivity contribution < 1.29 is 33.4 Å². The predicted molar refractivity (Wildman–Crippen MR) is 183 cm³/mol. The summed E-state index contributed by atoms with van der Waals surface area (Å²) in [5, 5.41) is 3.10. The highest BCUT2D eigenvalue weighted by atomic mass is 16.6. The third-order valence-corrected chi connectivity index (χ3v) is 9.00. The van der Waals surface area contributed by atoms with E-state index in [1.165, 1.54) is 4.90 Å². The monoisotopic (exact) mass is 662 g/mol. The second kappa shape index (κ2) is 14.2. The average Bonchev–Trinajstić information content (AvgIpc) is 3.87. The Balaban J connectivity index is 1.42. The van der Waals surface area contributed by atoms with E-state index >= 15 is 0 Å². The molecular formula is C37H50N4O7. The Morgan fingerprint density at radius 2 is 1.75 bits per heavy atom. The molecule has 48 heavy (non-hydrogen) atoms. The van der Waals surface area contributed by atoms with Crippen LogP contribution in [0.25, 0.3) is 0 Å². The van der Waals surface area contributed by atoms with E-state index in [2.05, 4.69) is 5.32 Å². The molecule has 2 heterocycles. The van der Waals surface area contributed by atoms with Crippen LogP contribution in [0, 0.1) is 11.8 Å². The molecule has 0 spiro atoms. The summed E-state index contributed by atoms with van der Waals surface area (Å²) in [7, 11) is 1.63. The van der Waals surface area contributed by atoms with Crippen molar-refractivity contribution in [3.63, 3.8) is 0 Å². The molecule has 1 aliphatic carbocycles. The molecule has 4 amide bonds. The van der Waals surface area contributed by atoms with Crippen LogP contribution in [0.4, 0.5) is 16.2 Å². The molecule has 2 aromatic rings. The van der Waals surface area contributed by atoms with Crippen molar-refractivity contribution in [2.24, 2.45) is 11.8 Å². The van der Waals surface area contributed by atoms with Gasteiger partial charge in [0.15, 0.2) is 5.60 Å². The molecule has 2 aromatic carbocycles. The molecule has 11 nitrogen and oxygen atoms in total. The lowest BCUT2D eigenvalue weighted by molar-refractivity contribution is -0.133. The standard InChI is InChI=1S/C37H50N4O7/c1-24(25-12-9-8-10-13-25)38-32(42)26-20-27(23-39(22-26)35(45)48-36(2,3)4)33(43)41(28-14-15-28)29-16-17-31-30(21-29)40(18-11-19-46-7)34(44)37(5,6)47-31/h8-10,12-13,16-17,21,24,26-28H,11,14-15,18-20,22-23H2,1-7H3,(H,38,42)/t24-,26-,27+/m0/s1. The maximum atomic E-state index is 14.6. The number of amides is 4. The van der Waals surface area contributed by atoms with Gasteiger partial charge in [-0.05, 0) is 91.0 Å². The van der Waals surface area contributed by atoms with Crippen molar-refractivity contribution in [1.82, 2.24) is 10.2 Å². The first-order valence-electron chi connectivity index (χ1n) is 17.0. The van der Waals surface area contributed by atoms with Crippen LogP contribution in [-0.2, 0) is 23.9 Å². The molecule has 5 rings (SSSR count). The zero-order chi connectivity index (χ0) is 34.8. The van der Waals surface area contributed by atoms with Crippen LogP contribution in [-0.4, -0.2) is 79.3 Å². The summed E-state index contributed by atoms with van der Waals surface area (Å²) in [6, 6.07) is 14.9. The number of fused-ring (bicyclic) bond motifs is 1. The zero-order valence-corrected chi connectivity index (χ0v) is 29.3. The first-order valence-corrected chi connectivity index (χ1v) is 17.0. The summed E-state index contributed by atoms with van der Waals surface area (Å²) >= 11 is 0. The van der Waals surface area contributed by atoms with Crippen LogP contribution >= 0.6 is 0 Å². The maximum Gasteiger partial charge on any atom is 0.410 e. The Bertz CT molecular complexity index is 1500. The summed E-state index contributed by atoms with van der Waals surface area (Å²) in [6.45, 7) is 12.0. The van der Waals surface area contributed by atoms with Crippen LogP contribution in [0.1, 0.15) is 78.8 Å². The van der Waals surface area contributed by atoms with Gasteiger partial charge in [-0.15, -0.1) is 0 Å². The summed E-state index contributed by atoms with van der Waals surface area (Å²) in [4.78, 5) is 60.1. The number of likely N-dealkylation sites (tertiary alicyclic amines) is 1. The van der Waals surface area contributed by atoms with Gasteiger partial charge >= 0.3 is 6.09 Å². The van der Waals surface area contributed by atoms with Crippen LogP contribution < -0.4 is 19.9 Å². The summed E-state index contributed by atoms with van der Waals surface area (Å²) in [5.74, 6) is -1.21. The van der Waals surface area contributed by atoms with Crippen LogP contribution in [0.5, 0.6) is 5.75 Å². The number of hydrogen-bond acceptors (Lipinski definition) is 7. The van der Waals surface area contributed by atoms with E-state index in [1.54, 1.807) is 51.5 Å². The summed E-state index contributed by atoms with van der Waals surface area (Å²) < 4.78 is 17.1. The minimum absolute atomic E-state index is 0.0172. The first-order chi connectivity index (χ1) is 22.7. The Kier molecular flexibility index (Phi) is 10.4. The van der Waals surface area contributed by atoms with Gasteiger partial charge in [-0.2, -0.15) is 0 Å². The van der Waals surface area contributed by atoms with E-state index in [4.69, 9.17) is 14.2 Å². The van der Waals surface area contributed by atoms with E-state index in [0.29, 0.717) is 43.1 Å². The molecule has 3 aliphatic rings. The fourth-order valence-corrected chi connectivity index (χ4v) is 6.44. The molecule has 0 bridgehead atoms. The Morgan fingerprint density at radius 1 is 1.06 bits per heavy atom. The van der Waals surface area contributed by atoms with Crippen LogP contribution in [0.3, 0.4) is 0 Å². The number of anilines is 2. The number of ether oxygens (including phenoxy) is 3. The fourth-order valence-electron chi connectivity index (χ4n) is 6.44. The number of carbonyl (C=O) groups excluding carboxylic acids is 4. The van der Waals surface area contributed by atoms with E-state index in [9.17, 15) is 19.2 Å². The van der Waals surface area contributed by atoms with E-state index in [-0.39, 0.29) is 42.9 Å². The van der Waals surface area contributed by atoms with Gasteiger partial charge in [0.1, 0.15) is 11.4 Å². The number of methoxy groups -OCH3 is 1. The van der Waals surface area contributed by atoms with Crippen molar-refractivity contribution >= 4 is 35.2 Å². The predicted octanol–water partition coefficient (Wildman–Crippen LogP) is 5.47. The quantitative estimate of drug-likeness (QED) is 0.335. The van der Waals surface area contributed by atoms with E-state index < -0.39 is 29.1 Å². The lowest BCUT2D eigenvalue weighted by Crippen LogP contribution is -2.54. The van der Waals surface area contributed by atoms with Gasteiger partial charge in [0.2, 0.25) is 11.8 Å². The molecule has 260 valence electrons. The number of carbonyl (C=O) groups is 4. The minimum atomic E-state index is -1.03.